The quantitative estimate of drug-likeness (QED) is 0.368. The molecular formula is C22H35N2+. The summed E-state index contributed by atoms with van der Waals surface area (Å²) in [4.78, 5) is 0. The third-order valence-corrected chi connectivity index (χ3v) is 4.80. The summed E-state index contributed by atoms with van der Waals surface area (Å²) in [6.07, 6.45) is 16.1. The van der Waals surface area contributed by atoms with Crippen LogP contribution in [0.5, 0.6) is 0 Å². The van der Waals surface area contributed by atoms with E-state index >= 15 is 0 Å². The van der Waals surface area contributed by atoms with Crippen LogP contribution in [0.15, 0.2) is 42.7 Å². The summed E-state index contributed by atoms with van der Waals surface area (Å²) in [6.45, 7) is 6.89. The Bertz CT molecular complexity index is 557. The molecule has 0 unspecified atom stereocenters. The highest BCUT2D eigenvalue weighted by molar-refractivity contribution is 5.14. The molecule has 0 aliphatic rings. The van der Waals surface area contributed by atoms with Crippen LogP contribution in [0.3, 0.4) is 0 Å². The van der Waals surface area contributed by atoms with Crippen LogP contribution in [0.1, 0.15) is 70.2 Å². The first-order chi connectivity index (χ1) is 11.8. The number of benzene rings is 1. The SMILES string of the molecule is CCCCCCn1cc[n+](CCCc2ccccc2)c1CCCC. The molecule has 2 rings (SSSR count). The molecule has 0 saturated carbocycles. The Balaban J connectivity index is 1.90. The van der Waals surface area contributed by atoms with E-state index < -0.39 is 0 Å². The fourth-order valence-electron chi connectivity index (χ4n) is 3.33. The summed E-state index contributed by atoms with van der Waals surface area (Å²) in [6, 6.07) is 10.9. The predicted octanol–water partition coefficient (Wildman–Crippen LogP) is 5.33. The molecule has 0 spiro atoms. The first-order valence-corrected chi connectivity index (χ1v) is 9.96. The summed E-state index contributed by atoms with van der Waals surface area (Å²) < 4.78 is 5.01. The Morgan fingerprint density at radius 2 is 1.62 bits per heavy atom. The molecule has 0 saturated heterocycles. The van der Waals surface area contributed by atoms with Crippen molar-refractivity contribution in [2.45, 2.75) is 84.7 Å². The van der Waals surface area contributed by atoms with E-state index in [9.17, 15) is 0 Å². The van der Waals surface area contributed by atoms with Gasteiger partial charge in [0.1, 0.15) is 12.4 Å². The molecule has 0 radical (unpaired) electrons. The van der Waals surface area contributed by atoms with Gasteiger partial charge in [0.15, 0.2) is 0 Å². The van der Waals surface area contributed by atoms with E-state index in [0.29, 0.717) is 0 Å². The number of hydrogen-bond donors (Lipinski definition) is 0. The van der Waals surface area contributed by atoms with Gasteiger partial charge in [-0.15, -0.1) is 0 Å². The van der Waals surface area contributed by atoms with Crippen LogP contribution < -0.4 is 4.57 Å². The standard InChI is InChI=1S/C22H35N2/c1-3-5-7-11-17-23-19-20-24(22(23)16-6-4-2)18-12-15-21-13-9-8-10-14-21/h8-10,13-14,19-20H,3-7,11-12,15-18H2,1-2H3/q+1. The third-order valence-electron chi connectivity index (χ3n) is 4.80. The summed E-state index contributed by atoms with van der Waals surface area (Å²) >= 11 is 0. The largest absolute Gasteiger partial charge is 0.256 e. The zero-order valence-electron chi connectivity index (χ0n) is 15.7. The number of unbranched alkanes of at least 4 members (excludes halogenated alkanes) is 4. The van der Waals surface area contributed by atoms with Crippen LogP contribution in [0, 0.1) is 0 Å². The molecule has 1 heterocycles. The van der Waals surface area contributed by atoms with Gasteiger partial charge < -0.3 is 0 Å². The predicted molar refractivity (Wildman–Crippen MR) is 102 cm³/mol. The van der Waals surface area contributed by atoms with Crippen LogP contribution >= 0.6 is 0 Å². The van der Waals surface area contributed by atoms with Crippen molar-refractivity contribution in [3.63, 3.8) is 0 Å². The number of imidazole rings is 1. The number of aromatic nitrogens is 2. The maximum Gasteiger partial charge on any atom is 0.256 e. The maximum atomic E-state index is 2.51. The van der Waals surface area contributed by atoms with E-state index in [1.54, 1.807) is 0 Å². The average Bonchev–Trinajstić information content (AvgIpc) is 3.00. The molecule has 2 heteroatoms. The minimum atomic E-state index is 1.13. The second-order valence-electron chi connectivity index (χ2n) is 6.85. The van der Waals surface area contributed by atoms with Crippen molar-refractivity contribution in [3.05, 3.63) is 54.1 Å². The smallest absolute Gasteiger partial charge is 0.234 e. The fourth-order valence-corrected chi connectivity index (χ4v) is 3.33. The molecule has 0 aliphatic carbocycles. The summed E-state index contributed by atoms with van der Waals surface area (Å²) in [7, 11) is 0. The molecule has 2 nitrogen and oxygen atoms in total. The Labute approximate surface area is 148 Å². The Kier molecular flexibility index (Phi) is 8.65. The van der Waals surface area contributed by atoms with Gasteiger partial charge in [-0.05, 0) is 37.7 Å². The highest BCUT2D eigenvalue weighted by Crippen LogP contribution is 2.08. The highest BCUT2D eigenvalue weighted by atomic mass is 15.1. The molecule has 1 aromatic heterocycles. The summed E-state index contributed by atoms with van der Waals surface area (Å²) in [5.41, 5.74) is 1.45. The van der Waals surface area contributed by atoms with Crippen molar-refractivity contribution in [3.8, 4) is 0 Å². The number of nitrogens with zero attached hydrogens (tertiary/aromatic N) is 2. The lowest BCUT2D eigenvalue weighted by atomic mass is 10.1. The van der Waals surface area contributed by atoms with Crippen LogP contribution in [0.4, 0.5) is 0 Å². The van der Waals surface area contributed by atoms with Crippen molar-refractivity contribution in [1.29, 1.82) is 0 Å². The second kappa shape index (κ2) is 11.1. The van der Waals surface area contributed by atoms with E-state index in [1.807, 2.05) is 0 Å². The monoisotopic (exact) mass is 327 g/mol. The molecule has 0 atom stereocenters. The van der Waals surface area contributed by atoms with Crippen molar-refractivity contribution in [2.24, 2.45) is 0 Å². The van der Waals surface area contributed by atoms with Crippen molar-refractivity contribution in [1.82, 2.24) is 4.57 Å². The Hall–Kier alpha value is -1.57. The van der Waals surface area contributed by atoms with Crippen molar-refractivity contribution >= 4 is 0 Å². The van der Waals surface area contributed by atoms with Gasteiger partial charge in [-0.2, -0.15) is 0 Å². The second-order valence-corrected chi connectivity index (χ2v) is 6.85. The Morgan fingerprint density at radius 3 is 2.38 bits per heavy atom. The fraction of sp³-hybridized carbons (Fsp3) is 0.591. The summed E-state index contributed by atoms with van der Waals surface area (Å²) in [5, 5.41) is 0. The average molecular weight is 328 g/mol. The molecule has 2 aromatic rings. The maximum absolute atomic E-state index is 2.51. The van der Waals surface area contributed by atoms with E-state index in [0.717, 1.165) is 6.54 Å². The molecule has 132 valence electrons. The van der Waals surface area contributed by atoms with Crippen LogP contribution in [0.2, 0.25) is 0 Å². The van der Waals surface area contributed by atoms with E-state index in [1.165, 1.54) is 75.7 Å². The van der Waals surface area contributed by atoms with Gasteiger partial charge in [0.2, 0.25) is 0 Å². The van der Waals surface area contributed by atoms with Gasteiger partial charge in [0.25, 0.3) is 5.82 Å². The topological polar surface area (TPSA) is 8.81 Å². The first-order valence-electron chi connectivity index (χ1n) is 9.96. The van der Waals surface area contributed by atoms with Crippen LogP contribution in [-0.4, -0.2) is 4.57 Å². The van der Waals surface area contributed by atoms with E-state index in [4.69, 9.17) is 0 Å². The molecule has 0 fully saturated rings. The third kappa shape index (κ3) is 6.14. The molecule has 24 heavy (non-hydrogen) atoms. The van der Waals surface area contributed by atoms with Gasteiger partial charge >= 0.3 is 0 Å². The van der Waals surface area contributed by atoms with E-state index in [-0.39, 0.29) is 0 Å². The minimum absolute atomic E-state index is 1.13. The highest BCUT2D eigenvalue weighted by Gasteiger charge is 2.16. The molecular weight excluding hydrogens is 292 g/mol. The molecule has 1 aromatic carbocycles. The number of rotatable bonds is 12. The first kappa shape index (κ1) is 18.8. The van der Waals surface area contributed by atoms with Gasteiger partial charge in [0, 0.05) is 6.42 Å². The zero-order valence-corrected chi connectivity index (χ0v) is 15.7. The number of aryl methyl sites for hydroxylation is 3. The van der Waals surface area contributed by atoms with Crippen LogP contribution in [0.25, 0.3) is 0 Å². The minimum Gasteiger partial charge on any atom is -0.234 e. The van der Waals surface area contributed by atoms with E-state index in [2.05, 4.69) is 65.7 Å². The van der Waals surface area contributed by atoms with Crippen molar-refractivity contribution in [2.75, 3.05) is 0 Å². The molecule has 0 amide bonds. The lowest BCUT2D eigenvalue weighted by molar-refractivity contribution is -0.704. The Morgan fingerprint density at radius 1 is 0.833 bits per heavy atom. The molecule has 0 N–H and O–H groups in total. The normalized spacial score (nSPS) is 11.1. The summed E-state index contributed by atoms with van der Waals surface area (Å²) in [5.74, 6) is 1.53. The molecule has 0 bridgehead atoms. The van der Waals surface area contributed by atoms with Gasteiger partial charge in [-0.1, -0.05) is 63.4 Å². The lowest BCUT2D eigenvalue weighted by Crippen LogP contribution is -2.37. The van der Waals surface area contributed by atoms with Gasteiger partial charge in [0.05, 0.1) is 13.1 Å². The van der Waals surface area contributed by atoms with Crippen molar-refractivity contribution < 1.29 is 4.57 Å². The van der Waals surface area contributed by atoms with Gasteiger partial charge in [-0.25, -0.2) is 9.13 Å². The number of hydrogen-bond acceptors (Lipinski definition) is 0. The van der Waals surface area contributed by atoms with Gasteiger partial charge in [-0.3, -0.25) is 0 Å². The zero-order chi connectivity index (χ0) is 17.0. The van der Waals surface area contributed by atoms with Crippen LogP contribution in [-0.2, 0) is 25.9 Å². The lowest BCUT2D eigenvalue weighted by Gasteiger charge is -2.06. The molecule has 0 aliphatic heterocycles.